The van der Waals surface area contributed by atoms with Crippen molar-refractivity contribution in [2.75, 3.05) is 6.61 Å². The molecule has 1 fully saturated rings. The molecular formula is C8H14O2. The smallest absolute Gasteiger partial charge is 0.141 e. The Bertz CT molecular complexity index is 142. The molecular weight excluding hydrogens is 128 g/mol. The summed E-state index contributed by atoms with van der Waals surface area (Å²) in [6, 6.07) is 0. The normalized spacial score (nSPS) is 34.4. The first-order chi connectivity index (χ1) is 4.69. The molecule has 58 valence electrons. The van der Waals surface area contributed by atoms with Crippen molar-refractivity contribution >= 4 is 5.78 Å². The van der Waals surface area contributed by atoms with Gasteiger partial charge in [-0.15, -0.1) is 0 Å². The molecule has 0 aromatic rings. The quantitative estimate of drug-likeness (QED) is 0.596. The summed E-state index contributed by atoms with van der Waals surface area (Å²) in [6.07, 6.45) is 3.62. The molecule has 0 heterocycles. The number of rotatable bonds is 1. The number of carbonyl (C=O) groups excluding carboxylic acids is 1. The van der Waals surface area contributed by atoms with Gasteiger partial charge in [-0.3, -0.25) is 4.79 Å². The molecule has 0 amide bonds. The maximum atomic E-state index is 11.2. The molecule has 1 aliphatic carbocycles. The van der Waals surface area contributed by atoms with Crippen LogP contribution in [-0.2, 0) is 4.79 Å². The number of Topliss-reactive ketones (excluding diaryl/α,β-unsaturated/α-hetero) is 1. The highest BCUT2D eigenvalue weighted by Crippen LogP contribution is 2.31. The number of aliphatic hydroxyl groups excluding tert-OH is 1. The molecule has 0 aromatic heterocycles. The average Bonchev–Trinajstić information content (AvgIpc) is 1.96. The van der Waals surface area contributed by atoms with Crippen LogP contribution in [0.5, 0.6) is 0 Å². The van der Waals surface area contributed by atoms with Crippen LogP contribution in [0.1, 0.15) is 32.6 Å². The molecule has 0 aromatic carbocycles. The minimum absolute atomic E-state index is 0.0197. The summed E-state index contributed by atoms with van der Waals surface area (Å²) in [4.78, 5) is 11.2. The number of ketones is 1. The molecule has 0 saturated heterocycles. The molecule has 1 saturated carbocycles. The number of hydrogen-bond acceptors (Lipinski definition) is 2. The first-order valence-corrected chi connectivity index (χ1v) is 3.83. The molecule has 0 unspecified atom stereocenters. The Balaban J connectivity index is 2.63. The lowest BCUT2D eigenvalue weighted by atomic mass is 9.75. The Morgan fingerprint density at radius 3 is 2.70 bits per heavy atom. The lowest BCUT2D eigenvalue weighted by molar-refractivity contribution is -0.132. The van der Waals surface area contributed by atoms with E-state index in [-0.39, 0.29) is 12.4 Å². The highest BCUT2D eigenvalue weighted by Gasteiger charge is 2.33. The number of aliphatic hydroxyl groups is 1. The van der Waals surface area contributed by atoms with E-state index in [4.69, 9.17) is 5.11 Å². The molecule has 1 N–H and O–H groups in total. The van der Waals surface area contributed by atoms with E-state index < -0.39 is 5.41 Å². The highest BCUT2D eigenvalue weighted by molar-refractivity contribution is 5.85. The van der Waals surface area contributed by atoms with Crippen LogP contribution in [-0.4, -0.2) is 17.5 Å². The molecule has 0 bridgehead atoms. The fourth-order valence-electron chi connectivity index (χ4n) is 1.41. The molecule has 0 aliphatic heterocycles. The van der Waals surface area contributed by atoms with Gasteiger partial charge in [-0.05, 0) is 12.8 Å². The molecule has 1 atom stereocenters. The van der Waals surface area contributed by atoms with E-state index in [0.717, 1.165) is 19.3 Å². The molecule has 2 nitrogen and oxygen atoms in total. The molecule has 0 radical (unpaired) electrons. The van der Waals surface area contributed by atoms with Crippen LogP contribution in [0.15, 0.2) is 0 Å². The van der Waals surface area contributed by atoms with Gasteiger partial charge >= 0.3 is 0 Å². The summed E-state index contributed by atoms with van der Waals surface area (Å²) in [5.74, 6) is 0.237. The van der Waals surface area contributed by atoms with Crippen molar-refractivity contribution in [2.45, 2.75) is 32.6 Å². The largest absolute Gasteiger partial charge is 0.395 e. The minimum atomic E-state index is -0.405. The van der Waals surface area contributed by atoms with Crippen molar-refractivity contribution in [3.05, 3.63) is 0 Å². The Labute approximate surface area is 61.2 Å². The first kappa shape index (κ1) is 7.73. The summed E-state index contributed by atoms with van der Waals surface area (Å²) in [7, 11) is 0. The van der Waals surface area contributed by atoms with Crippen molar-refractivity contribution in [1.82, 2.24) is 0 Å². The number of carbonyl (C=O) groups is 1. The SMILES string of the molecule is C[C@]1(CO)CCCCC1=O. The Kier molecular flexibility index (Phi) is 2.09. The van der Waals surface area contributed by atoms with E-state index in [0.29, 0.717) is 6.42 Å². The van der Waals surface area contributed by atoms with Crippen molar-refractivity contribution in [3.8, 4) is 0 Å². The van der Waals surface area contributed by atoms with Crippen molar-refractivity contribution in [2.24, 2.45) is 5.41 Å². The van der Waals surface area contributed by atoms with Crippen molar-refractivity contribution in [3.63, 3.8) is 0 Å². The lowest BCUT2D eigenvalue weighted by Gasteiger charge is -2.29. The second-order valence-corrected chi connectivity index (χ2v) is 3.35. The second kappa shape index (κ2) is 2.70. The Hall–Kier alpha value is -0.370. The number of hydrogen-bond donors (Lipinski definition) is 1. The van der Waals surface area contributed by atoms with Gasteiger partial charge in [-0.2, -0.15) is 0 Å². The molecule has 10 heavy (non-hydrogen) atoms. The van der Waals surface area contributed by atoms with E-state index in [1.54, 1.807) is 0 Å². The van der Waals surface area contributed by atoms with Crippen LogP contribution in [0.3, 0.4) is 0 Å². The van der Waals surface area contributed by atoms with E-state index in [1.165, 1.54) is 0 Å². The zero-order chi connectivity index (χ0) is 7.61. The fraction of sp³-hybridized carbons (Fsp3) is 0.875. The fourth-order valence-corrected chi connectivity index (χ4v) is 1.41. The van der Waals surface area contributed by atoms with Crippen LogP contribution in [0.2, 0.25) is 0 Å². The van der Waals surface area contributed by atoms with Crippen LogP contribution in [0.25, 0.3) is 0 Å². The third-order valence-corrected chi connectivity index (χ3v) is 2.40. The maximum Gasteiger partial charge on any atom is 0.141 e. The summed E-state index contributed by atoms with van der Waals surface area (Å²) in [5, 5.41) is 8.90. The maximum absolute atomic E-state index is 11.2. The summed E-state index contributed by atoms with van der Waals surface area (Å²) < 4.78 is 0. The van der Waals surface area contributed by atoms with Gasteiger partial charge in [0.25, 0.3) is 0 Å². The van der Waals surface area contributed by atoms with Crippen LogP contribution in [0.4, 0.5) is 0 Å². The van der Waals surface area contributed by atoms with Crippen LogP contribution < -0.4 is 0 Å². The monoisotopic (exact) mass is 142 g/mol. The van der Waals surface area contributed by atoms with Gasteiger partial charge in [-0.25, -0.2) is 0 Å². The Morgan fingerprint density at radius 1 is 1.60 bits per heavy atom. The van der Waals surface area contributed by atoms with Gasteiger partial charge in [0.2, 0.25) is 0 Å². The van der Waals surface area contributed by atoms with Crippen molar-refractivity contribution in [1.29, 1.82) is 0 Å². The van der Waals surface area contributed by atoms with Gasteiger partial charge in [-0.1, -0.05) is 13.3 Å². The van der Waals surface area contributed by atoms with Crippen molar-refractivity contribution < 1.29 is 9.90 Å². The zero-order valence-corrected chi connectivity index (χ0v) is 6.39. The predicted octanol–water partition coefficient (Wildman–Crippen LogP) is 1.13. The van der Waals surface area contributed by atoms with Crippen LogP contribution in [0, 0.1) is 5.41 Å². The Morgan fingerprint density at radius 2 is 2.30 bits per heavy atom. The third-order valence-electron chi connectivity index (χ3n) is 2.40. The van der Waals surface area contributed by atoms with E-state index in [1.807, 2.05) is 6.92 Å². The third kappa shape index (κ3) is 1.21. The van der Waals surface area contributed by atoms with E-state index in [2.05, 4.69) is 0 Å². The minimum Gasteiger partial charge on any atom is -0.395 e. The van der Waals surface area contributed by atoms with Gasteiger partial charge in [0.1, 0.15) is 5.78 Å². The van der Waals surface area contributed by atoms with E-state index in [9.17, 15) is 4.79 Å². The lowest BCUT2D eigenvalue weighted by Crippen LogP contribution is -2.34. The average molecular weight is 142 g/mol. The van der Waals surface area contributed by atoms with Gasteiger partial charge in [0.15, 0.2) is 0 Å². The summed E-state index contributed by atoms with van der Waals surface area (Å²) in [5.41, 5.74) is -0.405. The first-order valence-electron chi connectivity index (χ1n) is 3.83. The van der Waals surface area contributed by atoms with Gasteiger partial charge < -0.3 is 5.11 Å². The van der Waals surface area contributed by atoms with Gasteiger partial charge in [0, 0.05) is 11.8 Å². The highest BCUT2D eigenvalue weighted by atomic mass is 16.3. The zero-order valence-electron chi connectivity index (χ0n) is 6.39. The summed E-state index contributed by atoms with van der Waals surface area (Å²) in [6.45, 7) is 1.88. The molecule has 2 heteroatoms. The standard InChI is InChI=1S/C8H14O2/c1-8(6-9)5-3-2-4-7(8)10/h9H,2-6H2,1H3/t8-/m1/s1. The molecule has 1 aliphatic rings. The van der Waals surface area contributed by atoms with Crippen LogP contribution >= 0.6 is 0 Å². The second-order valence-electron chi connectivity index (χ2n) is 3.35. The predicted molar refractivity (Wildman–Crippen MR) is 38.7 cm³/mol. The van der Waals surface area contributed by atoms with Gasteiger partial charge in [0.05, 0.1) is 6.61 Å². The molecule has 1 rings (SSSR count). The molecule has 0 spiro atoms. The topological polar surface area (TPSA) is 37.3 Å². The van der Waals surface area contributed by atoms with E-state index >= 15 is 0 Å². The summed E-state index contributed by atoms with van der Waals surface area (Å²) >= 11 is 0.